The minimum atomic E-state index is -0.481. The first-order chi connectivity index (χ1) is 9.61. The van der Waals surface area contributed by atoms with E-state index < -0.39 is 11.6 Å². The van der Waals surface area contributed by atoms with Gasteiger partial charge in [0.1, 0.15) is 5.52 Å². The smallest absolute Gasteiger partial charge is 0.206 e. The van der Waals surface area contributed by atoms with E-state index in [0.717, 1.165) is 0 Å². The number of imidazole rings is 1. The number of fused-ring (bicyclic) bond motifs is 1. The number of nitrogens with two attached hydrogens (primary N) is 1. The molecule has 3 aromatic rings. The van der Waals surface area contributed by atoms with Gasteiger partial charge in [0.2, 0.25) is 5.95 Å². The second-order valence-corrected chi connectivity index (χ2v) is 4.23. The maximum Gasteiger partial charge on any atom is 0.206 e. The van der Waals surface area contributed by atoms with Gasteiger partial charge in [-0.05, 0) is 24.3 Å². The molecule has 0 aliphatic heterocycles. The Bertz CT molecular complexity index is 798. The molecule has 2 N–H and O–H groups in total. The molecule has 1 aromatic heterocycles. The number of para-hydroxylation sites is 1. The predicted molar refractivity (Wildman–Crippen MR) is 72.0 cm³/mol. The molecular formula is C14H11F2N3O. The summed E-state index contributed by atoms with van der Waals surface area (Å²) in [7, 11) is 1.37. The van der Waals surface area contributed by atoms with Crippen LogP contribution in [0, 0.1) is 11.6 Å². The first kappa shape index (κ1) is 12.4. The molecule has 0 fully saturated rings. The highest BCUT2D eigenvalue weighted by molar-refractivity contribution is 5.81. The lowest BCUT2D eigenvalue weighted by Crippen LogP contribution is -2.01. The van der Waals surface area contributed by atoms with Crippen molar-refractivity contribution in [3.63, 3.8) is 0 Å². The van der Waals surface area contributed by atoms with Crippen LogP contribution in [0.1, 0.15) is 0 Å². The van der Waals surface area contributed by atoms with Crippen molar-refractivity contribution in [2.45, 2.75) is 0 Å². The highest BCUT2D eigenvalue weighted by atomic mass is 19.1. The number of hydrogen-bond acceptors (Lipinski definition) is 3. The van der Waals surface area contributed by atoms with Gasteiger partial charge < -0.3 is 10.5 Å². The molecule has 102 valence electrons. The van der Waals surface area contributed by atoms with E-state index in [9.17, 15) is 8.78 Å². The summed E-state index contributed by atoms with van der Waals surface area (Å²) in [5.74, 6) is -0.730. The third kappa shape index (κ3) is 1.77. The summed E-state index contributed by atoms with van der Waals surface area (Å²) in [5, 5.41) is 0. The minimum Gasteiger partial charge on any atom is -0.494 e. The van der Waals surface area contributed by atoms with Crippen LogP contribution in [0.15, 0.2) is 36.4 Å². The Balaban J connectivity index is 2.29. The largest absolute Gasteiger partial charge is 0.494 e. The Hall–Kier alpha value is -2.63. The Morgan fingerprint density at radius 1 is 1.15 bits per heavy atom. The molecule has 0 radical (unpaired) electrons. The van der Waals surface area contributed by atoms with Gasteiger partial charge in [0, 0.05) is 6.07 Å². The lowest BCUT2D eigenvalue weighted by Gasteiger charge is -2.09. The van der Waals surface area contributed by atoms with E-state index in [4.69, 9.17) is 10.5 Å². The maximum absolute atomic E-state index is 13.7. The van der Waals surface area contributed by atoms with Crippen LogP contribution in [-0.2, 0) is 0 Å². The SMILES string of the molecule is COc1cc(-n2c(N)nc3c(F)cccc32)ccc1F. The lowest BCUT2D eigenvalue weighted by molar-refractivity contribution is 0.386. The molecule has 3 rings (SSSR count). The molecule has 2 aromatic carbocycles. The highest BCUT2D eigenvalue weighted by Gasteiger charge is 2.14. The van der Waals surface area contributed by atoms with Crippen molar-refractivity contribution in [3.05, 3.63) is 48.0 Å². The standard InChI is InChI=1S/C14H11F2N3O/c1-20-12-7-8(5-6-9(12)15)19-11-4-2-3-10(16)13(11)18-14(19)17/h2-7H,1H3,(H2,17,18). The van der Waals surface area contributed by atoms with Gasteiger partial charge in [0.05, 0.1) is 18.3 Å². The third-order valence-corrected chi connectivity index (χ3v) is 3.05. The fourth-order valence-electron chi connectivity index (χ4n) is 2.14. The Morgan fingerprint density at radius 3 is 2.70 bits per heavy atom. The molecular weight excluding hydrogens is 264 g/mol. The van der Waals surface area contributed by atoms with Gasteiger partial charge >= 0.3 is 0 Å². The molecule has 4 nitrogen and oxygen atoms in total. The predicted octanol–water partition coefficient (Wildman–Crippen LogP) is 2.89. The summed E-state index contributed by atoms with van der Waals surface area (Å²) in [6.45, 7) is 0. The number of benzene rings is 2. The molecule has 20 heavy (non-hydrogen) atoms. The minimum absolute atomic E-state index is 0.0835. The van der Waals surface area contributed by atoms with Crippen LogP contribution in [0.2, 0.25) is 0 Å². The molecule has 0 amide bonds. The van der Waals surface area contributed by atoms with Crippen LogP contribution in [0.3, 0.4) is 0 Å². The average molecular weight is 275 g/mol. The number of aromatic nitrogens is 2. The zero-order chi connectivity index (χ0) is 14.3. The maximum atomic E-state index is 13.7. The van der Waals surface area contributed by atoms with Gasteiger partial charge in [0.15, 0.2) is 17.4 Å². The number of halogens is 2. The van der Waals surface area contributed by atoms with E-state index >= 15 is 0 Å². The van der Waals surface area contributed by atoms with E-state index in [0.29, 0.717) is 11.2 Å². The van der Waals surface area contributed by atoms with Crippen LogP contribution in [0.5, 0.6) is 5.75 Å². The summed E-state index contributed by atoms with van der Waals surface area (Å²) in [6, 6.07) is 8.84. The molecule has 0 aliphatic rings. The van der Waals surface area contributed by atoms with Crippen LogP contribution in [-0.4, -0.2) is 16.7 Å². The van der Waals surface area contributed by atoms with E-state index in [2.05, 4.69) is 4.98 Å². The fourth-order valence-corrected chi connectivity index (χ4v) is 2.14. The summed E-state index contributed by atoms with van der Waals surface area (Å²) < 4.78 is 33.6. The van der Waals surface area contributed by atoms with E-state index in [-0.39, 0.29) is 17.2 Å². The second kappa shape index (κ2) is 4.48. The fraction of sp³-hybridized carbons (Fsp3) is 0.0714. The number of ether oxygens (including phenoxy) is 1. The van der Waals surface area contributed by atoms with Crippen LogP contribution < -0.4 is 10.5 Å². The number of nitrogen functional groups attached to an aromatic ring is 1. The van der Waals surface area contributed by atoms with E-state index in [1.807, 2.05) is 0 Å². The van der Waals surface area contributed by atoms with Crippen molar-refractivity contribution >= 4 is 17.0 Å². The number of hydrogen-bond donors (Lipinski definition) is 1. The average Bonchev–Trinajstić information content (AvgIpc) is 2.77. The van der Waals surface area contributed by atoms with Crippen LogP contribution in [0.4, 0.5) is 14.7 Å². The normalized spacial score (nSPS) is 10.9. The Labute approximate surface area is 113 Å². The number of anilines is 1. The number of methoxy groups -OCH3 is 1. The van der Waals surface area contributed by atoms with Gasteiger partial charge in [-0.2, -0.15) is 0 Å². The third-order valence-electron chi connectivity index (χ3n) is 3.05. The van der Waals surface area contributed by atoms with Crippen molar-refractivity contribution in [3.8, 4) is 11.4 Å². The van der Waals surface area contributed by atoms with Crippen molar-refractivity contribution in [2.75, 3.05) is 12.8 Å². The van der Waals surface area contributed by atoms with Crippen LogP contribution in [0.25, 0.3) is 16.7 Å². The monoisotopic (exact) mass is 275 g/mol. The molecule has 0 saturated heterocycles. The van der Waals surface area contributed by atoms with Crippen molar-refractivity contribution in [1.82, 2.24) is 9.55 Å². The first-order valence-corrected chi connectivity index (χ1v) is 5.88. The quantitative estimate of drug-likeness (QED) is 0.782. The van der Waals surface area contributed by atoms with Gasteiger partial charge in [-0.3, -0.25) is 4.57 Å². The zero-order valence-corrected chi connectivity index (χ0v) is 10.6. The Morgan fingerprint density at radius 2 is 1.95 bits per heavy atom. The van der Waals surface area contributed by atoms with Crippen LogP contribution >= 0.6 is 0 Å². The van der Waals surface area contributed by atoms with Gasteiger partial charge in [-0.1, -0.05) is 6.07 Å². The summed E-state index contributed by atoms with van der Waals surface area (Å²) in [6.07, 6.45) is 0. The summed E-state index contributed by atoms with van der Waals surface area (Å²) >= 11 is 0. The molecule has 1 heterocycles. The van der Waals surface area contributed by atoms with Gasteiger partial charge in [0.25, 0.3) is 0 Å². The highest BCUT2D eigenvalue weighted by Crippen LogP contribution is 2.27. The van der Waals surface area contributed by atoms with Crippen molar-refractivity contribution < 1.29 is 13.5 Å². The summed E-state index contributed by atoms with van der Waals surface area (Å²) in [4.78, 5) is 4.00. The molecule has 0 aliphatic carbocycles. The second-order valence-electron chi connectivity index (χ2n) is 4.23. The molecule has 0 bridgehead atoms. The van der Waals surface area contributed by atoms with Gasteiger partial charge in [-0.15, -0.1) is 0 Å². The molecule has 0 spiro atoms. The lowest BCUT2D eigenvalue weighted by atomic mass is 10.2. The molecule has 0 unspecified atom stereocenters. The van der Waals surface area contributed by atoms with Gasteiger partial charge in [-0.25, -0.2) is 13.8 Å². The molecule has 6 heteroatoms. The zero-order valence-electron chi connectivity index (χ0n) is 10.6. The summed E-state index contributed by atoms with van der Waals surface area (Å²) in [5.41, 5.74) is 7.07. The topological polar surface area (TPSA) is 53.1 Å². The Kier molecular flexibility index (Phi) is 2.78. The molecule has 0 saturated carbocycles. The van der Waals surface area contributed by atoms with E-state index in [1.165, 1.54) is 31.4 Å². The van der Waals surface area contributed by atoms with Crippen molar-refractivity contribution in [2.24, 2.45) is 0 Å². The number of rotatable bonds is 2. The van der Waals surface area contributed by atoms with Crippen molar-refractivity contribution in [1.29, 1.82) is 0 Å². The number of nitrogens with zero attached hydrogens (tertiary/aromatic N) is 2. The molecule has 0 atom stereocenters. The van der Waals surface area contributed by atoms with E-state index in [1.54, 1.807) is 16.7 Å². The first-order valence-electron chi connectivity index (χ1n) is 5.88.